The van der Waals surface area contributed by atoms with Crippen LogP contribution in [0.25, 0.3) is 0 Å². The number of piperidine rings is 1. The molecule has 0 aromatic heterocycles. The molecule has 17 heavy (non-hydrogen) atoms. The Hall–Kier alpha value is -0.500. The van der Waals surface area contributed by atoms with Gasteiger partial charge >= 0.3 is 0 Å². The van der Waals surface area contributed by atoms with E-state index in [-0.39, 0.29) is 5.60 Å². The summed E-state index contributed by atoms with van der Waals surface area (Å²) < 4.78 is 6.43. The summed E-state index contributed by atoms with van der Waals surface area (Å²) in [7, 11) is 0. The fraction of sp³-hybridized carbons (Fsp3) is 0.867. The maximum Gasteiger partial charge on any atom is 0.111 e. The topological polar surface area (TPSA) is 12.5 Å². The summed E-state index contributed by atoms with van der Waals surface area (Å²) in [6, 6.07) is 0. The van der Waals surface area contributed by atoms with Crippen LogP contribution in [-0.4, -0.2) is 30.1 Å². The summed E-state index contributed by atoms with van der Waals surface area (Å²) in [6.07, 6.45) is 4.89. The van der Waals surface area contributed by atoms with E-state index in [1.165, 1.54) is 56.6 Å². The fourth-order valence-corrected chi connectivity index (χ4v) is 3.15. The van der Waals surface area contributed by atoms with Gasteiger partial charge in [-0.1, -0.05) is 20.8 Å². The van der Waals surface area contributed by atoms with Gasteiger partial charge in [-0.2, -0.15) is 0 Å². The molecule has 0 bridgehead atoms. The highest BCUT2D eigenvalue weighted by atomic mass is 16.5. The van der Waals surface area contributed by atoms with E-state index < -0.39 is 0 Å². The molecule has 0 unspecified atom stereocenters. The van der Waals surface area contributed by atoms with Crippen molar-refractivity contribution in [2.24, 2.45) is 5.92 Å². The molecule has 2 heteroatoms. The number of hydrogen-bond donors (Lipinski definition) is 0. The highest BCUT2D eigenvalue weighted by Gasteiger charge is 2.39. The van der Waals surface area contributed by atoms with Crippen LogP contribution >= 0.6 is 0 Å². The Morgan fingerprint density at radius 2 is 1.88 bits per heavy atom. The van der Waals surface area contributed by atoms with Gasteiger partial charge in [0.25, 0.3) is 0 Å². The van der Waals surface area contributed by atoms with Gasteiger partial charge in [0.15, 0.2) is 0 Å². The predicted molar refractivity (Wildman–Crippen MR) is 71.9 cm³/mol. The molecular weight excluding hydrogens is 210 g/mol. The van der Waals surface area contributed by atoms with Gasteiger partial charge in [-0.15, -0.1) is 0 Å². The lowest BCUT2D eigenvalue weighted by Crippen LogP contribution is -2.47. The lowest BCUT2D eigenvalue weighted by atomic mass is 9.82. The Morgan fingerprint density at radius 3 is 2.41 bits per heavy atom. The second-order valence-corrected chi connectivity index (χ2v) is 6.02. The number of ether oxygens (including phenoxy) is 1. The Balaban J connectivity index is 2.05. The maximum absolute atomic E-state index is 6.43. The van der Waals surface area contributed by atoms with E-state index in [4.69, 9.17) is 4.74 Å². The van der Waals surface area contributed by atoms with Crippen LogP contribution in [-0.2, 0) is 4.74 Å². The van der Waals surface area contributed by atoms with E-state index in [0.29, 0.717) is 5.92 Å². The highest BCUT2D eigenvalue weighted by molar-refractivity contribution is 5.14. The highest BCUT2D eigenvalue weighted by Crippen LogP contribution is 2.40. The molecule has 0 aliphatic carbocycles. The molecule has 2 aliphatic rings. The number of allylic oxidation sites excluding steroid dienone is 2. The second kappa shape index (κ2) is 5.01. The van der Waals surface area contributed by atoms with E-state index >= 15 is 0 Å². The van der Waals surface area contributed by atoms with Crippen LogP contribution in [0.15, 0.2) is 11.3 Å². The summed E-state index contributed by atoms with van der Waals surface area (Å²) in [6.45, 7) is 12.6. The third-order valence-corrected chi connectivity index (χ3v) is 4.44. The molecular formula is C15H27NO. The number of rotatable bonds is 2. The summed E-state index contributed by atoms with van der Waals surface area (Å²) >= 11 is 0. The van der Waals surface area contributed by atoms with Crippen molar-refractivity contribution in [1.29, 1.82) is 0 Å². The monoisotopic (exact) mass is 237 g/mol. The molecule has 98 valence electrons. The first-order chi connectivity index (χ1) is 8.06. The van der Waals surface area contributed by atoms with Gasteiger partial charge in [0.05, 0.1) is 5.76 Å². The second-order valence-electron chi connectivity index (χ2n) is 6.02. The molecule has 0 saturated carbocycles. The van der Waals surface area contributed by atoms with Crippen molar-refractivity contribution in [3.63, 3.8) is 0 Å². The molecule has 0 radical (unpaired) electrons. The smallest absolute Gasteiger partial charge is 0.111 e. The lowest BCUT2D eigenvalue weighted by Gasteiger charge is -2.45. The summed E-state index contributed by atoms with van der Waals surface area (Å²) in [5.41, 5.74) is 1.65. The molecule has 1 fully saturated rings. The van der Waals surface area contributed by atoms with E-state index in [1.807, 2.05) is 0 Å². The zero-order chi connectivity index (χ0) is 12.5. The molecule has 2 heterocycles. The Bertz CT molecular complexity index is 298. The lowest BCUT2D eigenvalue weighted by molar-refractivity contribution is -0.0713. The Kier molecular flexibility index (Phi) is 3.82. The standard InChI is InChI=1S/C15H27NO/c1-5-16-10-8-15(9-11-16)7-6-13(4)14(17-15)12(2)3/h12H,5-11H2,1-4H3. The van der Waals surface area contributed by atoms with Crippen molar-refractivity contribution in [3.05, 3.63) is 11.3 Å². The minimum atomic E-state index is 0.171. The molecule has 2 rings (SSSR count). The number of likely N-dealkylation sites (tertiary alicyclic amines) is 1. The first-order valence-corrected chi connectivity index (χ1v) is 7.17. The van der Waals surface area contributed by atoms with Crippen LogP contribution in [0.5, 0.6) is 0 Å². The van der Waals surface area contributed by atoms with E-state index in [9.17, 15) is 0 Å². The average molecular weight is 237 g/mol. The average Bonchev–Trinajstić information content (AvgIpc) is 2.33. The Labute approximate surface area is 106 Å². The molecule has 0 N–H and O–H groups in total. The Morgan fingerprint density at radius 1 is 1.24 bits per heavy atom. The van der Waals surface area contributed by atoms with Crippen LogP contribution < -0.4 is 0 Å². The predicted octanol–water partition coefficient (Wildman–Crippen LogP) is 3.58. The fourth-order valence-electron chi connectivity index (χ4n) is 3.15. The van der Waals surface area contributed by atoms with Gasteiger partial charge in [-0.05, 0) is 44.7 Å². The normalized spacial score (nSPS) is 25.5. The van der Waals surface area contributed by atoms with Gasteiger partial charge in [0.1, 0.15) is 5.60 Å². The maximum atomic E-state index is 6.43. The van der Waals surface area contributed by atoms with Gasteiger partial charge in [0.2, 0.25) is 0 Å². The molecule has 2 aliphatic heterocycles. The van der Waals surface area contributed by atoms with E-state index in [2.05, 4.69) is 32.6 Å². The van der Waals surface area contributed by atoms with Crippen LogP contribution in [0.3, 0.4) is 0 Å². The van der Waals surface area contributed by atoms with Crippen molar-refractivity contribution in [3.8, 4) is 0 Å². The quantitative estimate of drug-likeness (QED) is 0.728. The van der Waals surface area contributed by atoms with E-state index in [0.717, 1.165) is 0 Å². The summed E-state index contributed by atoms with van der Waals surface area (Å²) in [5.74, 6) is 1.82. The third-order valence-electron chi connectivity index (χ3n) is 4.44. The SMILES string of the molecule is CCN1CCC2(CCC(C)=C(C(C)C)O2)CC1. The summed E-state index contributed by atoms with van der Waals surface area (Å²) in [4.78, 5) is 2.54. The van der Waals surface area contributed by atoms with Crippen molar-refractivity contribution in [2.45, 2.75) is 59.0 Å². The van der Waals surface area contributed by atoms with Gasteiger partial charge in [0, 0.05) is 19.0 Å². The molecule has 2 nitrogen and oxygen atoms in total. The summed E-state index contributed by atoms with van der Waals surface area (Å²) in [5, 5.41) is 0. The molecule has 0 amide bonds. The zero-order valence-electron chi connectivity index (χ0n) is 11.9. The minimum absolute atomic E-state index is 0.171. The van der Waals surface area contributed by atoms with Crippen LogP contribution in [0.1, 0.15) is 53.4 Å². The van der Waals surface area contributed by atoms with Crippen LogP contribution in [0.2, 0.25) is 0 Å². The third kappa shape index (κ3) is 2.67. The minimum Gasteiger partial charge on any atom is -0.491 e. The molecule has 0 atom stereocenters. The van der Waals surface area contributed by atoms with Crippen molar-refractivity contribution >= 4 is 0 Å². The van der Waals surface area contributed by atoms with Crippen molar-refractivity contribution in [2.75, 3.05) is 19.6 Å². The zero-order valence-corrected chi connectivity index (χ0v) is 11.9. The molecule has 1 saturated heterocycles. The largest absolute Gasteiger partial charge is 0.491 e. The van der Waals surface area contributed by atoms with Gasteiger partial charge in [-0.25, -0.2) is 0 Å². The van der Waals surface area contributed by atoms with Gasteiger partial charge < -0.3 is 9.64 Å². The number of hydrogen-bond acceptors (Lipinski definition) is 2. The molecule has 1 spiro atoms. The van der Waals surface area contributed by atoms with Crippen LogP contribution in [0.4, 0.5) is 0 Å². The number of nitrogens with zero attached hydrogens (tertiary/aromatic N) is 1. The van der Waals surface area contributed by atoms with Gasteiger partial charge in [-0.3, -0.25) is 0 Å². The van der Waals surface area contributed by atoms with Crippen molar-refractivity contribution < 1.29 is 4.74 Å². The van der Waals surface area contributed by atoms with E-state index in [1.54, 1.807) is 0 Å². The first kappa shape index (κ1) is 12.9. The first-order valence-electron chi connectivity index (χ1n) is 7.17. The van der Waals surface area contributed by atoms with Crippen molar-refractivity contribution in [1.82, 2.24) is 4.90 Å². The molecule has 0 aromatic rings. The van der Waals surface area contributed by atoms with Crippen LogP contribution in [0, 0.1) is 5.92 Å². The molecule has 0 aromatic carbocycles.